The molecule has 0 aromatic heterocycles. The standard InChI is InChI=1S/C15H19F2N3S2/c16-14(17)22-12-3-1-11(2-4-12)18-15(21)19-13-9-20-7-5-10(13)6-8-20/h1-4,10,13-14H,5-9H2,(H2,18,19,21)/p+1/t13-/m0/s1. The minimum Gasteiger partial charge on any atom is -0.354 e. The number of thiocarbonyl (C=S) groups is 1. The summed E-state index contributed by atoms with van der Waals surface area (Å²) in [5, 5.41) is 7.18. The monoisotopic (exact) mass is 344 g/mol. The number of quaternary nitrogens is 1. The predicted octanol–water partition coefficient (Wildman–Crippen LogP) is 1.96. The molecule has 0 radical (unpaired) electrons. The molecule has 0 unspecified atom stereocenters. The van der Waals surface area contributed by atoms with E-state index in [4.69, 9.17) is 12.2 Å². The molecule has 3 N–H and O–H groups in total. The number of alkyl halides is 2. The molecule has 3 fully saturated rings. The van der Waals surface area contributed by atoms with Crippen molar-refractivity contribution in [1.82, 2.24) is 5.32 Å². The highest BCUT2D eigenvalue weighted by Gasteiger charge is 2.37. The van der Waals surface area contributed by atoms with Gasteiger partial charge in [0, 0.05) is 23.4 Å². The van der Waals surface area contributed by atoms with Crippen molar-refractivity contribution >= 4 is 34.8 Å². The van der Waals surface area contributed by atoms with Crippen LogP contribution in [0.15, 0.2) is 29.2 Å². The van der Waals surface area contributed by atoms with Crippen LogP contribution in [0.25, 0.3) is 0 Å². The Balaban J connectivity index is 1.51. The first-order valence-corrected chi connectivity index (χ1v) is 8.85. The summed E-state index contributed by atoms with van der Waals surface area (Å²) < 4.78 is 24.6. The van der Waals surface area contributed by atoms with Crippen LogP contribution in [0.1, 0.15) is 12.8 Å². The van der Waals surface area contributed by atoms with Crippen LogP contribution in [0.3, 0.4) is 0 Å². The zero-order valence-corrected chi connectivity index (χ0v) is 13.8. The fourth-order valence-electron chi connectivity index (χ4n) is 3.36. The van der Waals surface area contributed by atoms with Crippen LogP contribution >= 0.6 is 24.0 Å². The first kappa shape index (κ1) is 16.0. The summed E-state index contributed by atoms with van der Waals surface area (Å²) in [5.74, 6) is -1.66. The highest BCUT2D eigenvalue weighted by atomic mass is 32.2. The van der Waals surface area contributed by atoms with Crippen molar-refractivity contribution in [2.75, 3.05) is 25.0 Å². The smallest absolute Gasteiger partial charge is 0.288 e. The van der Waals surface area contributed by atoms with Gasteiger partial charge in [0.15, 0.2) is 5.11 Å². The van der Waals surface area contributed by atoms with E-state index in [0.29, 0.717) is 27.8 Å². The topological polar surface area (TPSA) is 28.5 Å². The van der Waals surface area contributed by atoms with Gasteiger partial charge in [-0.05, 0) is 42.4 Å². The van der Waals surface area contributed by atoms with Crippen molar-refractivity contribution in [3.63, 3.8) is 0 Å². The molecule has 4 rings (SSSR count). The lowest BCUT2D eigenvalue weighted by Gasteiger charge is -2.42. The van der Waals surface area contributed by atoms with Gasteiger partial charge in [0.1, 0.15) is 0 Å². The Labute approximate surface area is 138 Å². The lowest BCUT2D eigenvalue weighted by molar-refractivity contribution is -0.917. The van der Waals surface area contributed by atoms with Crippen molar-refractivity contribution in [2.45, 2.75) is 29.5 Å². The number of rotatable bonds is 4. The van der Waals surface area contributed by atoms with Crippen molar-refractivity contribution in [1.29, 1.82) is 0 Å². The number of piperidine rings is 3. The Morgan fingerprint density at radius 3 is 2.45 bits per heavy atom. The maximum Gasteiger partial charge on any atom is 0.288 e. The molecule has 3 saturated heterocycles. The van der Waals surface area contributed by atoms with Crippen molar-refractivity contribution in [3.05, 3.63) is 24.3 Å². The minimum atomic E-state index is -2.39. The van der Waals surface area contributed by atoms with E-state index < -0.39 is 5.76 Å². The third-order valence-corrected chi connectivity index (χ3v) is 5.41. The van der Waals surface area contributed by atoms with Crippen LogP contribution in [0.2, 0.25) is 0 Å². The summed E-state index contributed by atoms with van der Waals surface area (Å²) in [6.45, 7) is 3.70. The number of hydrogen-bond acceptors (Lipinski definition) is 2. The number of nitrogens with one attached hydrogen (secondary N) is 3. The van der Waals surface area contributed by atoms with Gasteiger partial charge in [-0.25, -0.2) is 0 Å². The van der Waals surface area contributed by atoms with Crippen LogP contribution < -0.4 is 15.5 Å². The second kappa shape index (κ2) is 7.10. The first-order chi connectivity index (χ1) is 10.6. The van der Waals surface area contributed by atoms with Crippen molar-refractivity contribution in [2.24, 2.45) is 5.92 Å². The average molecular weight is 344 g/mol. The molecule has 0 saturated carbocycles. The van der Waals surface area contributed by atoms with E-state index in [1.807, 2.05) is 0 Å². The molecule has 22 heavy (non-hydrogen) atoms. The molecule has 1 atom stereocenters. The average Bonchev–Trinajstić information content (AvgIpc) is 2.50. The number of benzene rings is 1. The molecule has 1 aromatic rings. The van der Waals surface area contributed by atoms with Gasteiger partial charge in [-0.2, -0.15) is 8.78 Å². The molecule has 0 spiro atoms. The van der Waals surface area contributed by atoms with E-state index in [0.717, 1.165) is 18.2 Å². The quantitative estimate of drug-likeness (QED) is 0.575. The molecule has 3 aliphatic heterocycles. The summed E-state index contributed by atoms with van der Waals surface area (Å²) in [7, 11) is 0. The van der Waals surface area contributed by atoms with E-state index in [9.17, 15) is 8.78 Å². The molecule has 1 aromatic carbocycles. The van der Waals surface area contributed by atoms with Crippen LogP contribution in [-0.4, -0.2) is 36.5 Å². The van der Waals surface area contributed by atoms with E-state index in [2.05, 4.69) is 10.6 Å². The van der Waals surface area contributed by atoms with E-state index >= 15 is 0 Å². The van der Waals surface area contributed by atoms with Gasteiger partial charge in [0.2, 0.25) is 0 Å². The Kier molecular flexibility index (Phi) is 5.15. The SMILES string of the molecule is FC(F)Sc1ccc(NC(=S)N[C@H]2C[NH+]3CCC2CC3)cc1. The molecule has 3 aliphatic rings. The predicted molar refractivity (Wildman–Crippen MR) is 89.7 cm³/mol. The highest BCUT2D eigenvalue weighted by Crippen LogP contribution is 2.26. The molecule has 0 amide bonds. The fourth-order valence-corrected chi connectivity index (χ4v) is 4.12. The molecular formula is C15H20F2N3S2+. The third kappa shape index (κ3) is 4.08. The zero-order valence-electron chi connectivity index (χ0n) is 12.1. The minimum absolute atomic E-state index is 0.450. The van der Waals surface area contributed by atoms with Crippen LogP contribution in [0.4, 0.5) is 14.5 Å². The summed E-state index contributed by atoms with van der Waals surface area (Å²) in [4.78, 5) is 2.22. The van der Waals surface area contributed by atoms with Gasteiger partial charge in [-0.3, -0.25) is 0 Å². The molecule has 0 aliphatic carbocycles. The van der Waals surface area contributed by atoms with Crippen LogP contribution in [-0.2, 0) is 0 Å². The normalized spacial score (nSPS) is 27.0. The number of thioether (sulfide) groups is 1. The maximum atomic E-state index is 12.3. The summed E-state index contributed by atoms with van der Waals surface area (Å²) in [6.07, 6.45) is 2.55. The van der Waals surface area contributed by atoms with Gasteiger partial charge in [-0.15, -0.1) is 0 Å². The fraction of sp³-hybridized carbons (Fsp3) is 0.533. The molecular weight excluding hydrogens is 324 g/mol. The van der Waals surface area contributed by atoms with E-state index in [-0.39, 0.29) is 0 Å². The summed E-state index contributed by atoms with van der Waals surface area (Å²) >= 11 is 5.93. The third-order valence-electron chi connectivity index (χ3n) is 4.47. The Morgan fingerprint density at radius 1 is 1.23 bits per heavy atom. The van der Waals surface area contributed by atoms with Gasteiger partial charge in [0.25, 0.3) is 5.76 Å². The van der Waals surface area contributed by atoms with Crippen LogP contribution in [0, 0.1) is 5.92 Å². The Morgan fingerprint density at radius 2 is 1.91 bits per heavy atom. The Hall–Kier alpha value is -0.920. The molecule has 3 nitrogen and oxygen atoms in total. The second-order valence-electron chi connectivity index (χ2n) is 5.90. The maximum absolute atomic E-state index is 12.3. The van der Waals surface area contributed by atoms with Gasteiger partial charge in [-0.1, -0.05) is 11.8 Å². The molecule has 120 valence electrons. The van der Waals surface area contributed by atoms with Crippen molar-refractivity contribution in [3.8, 4) is 0 Å². The van der Waals surface area contributed by atoms with Gasteiger partial charge < -0.3 is 15.5 Å². The lowest BCUT2D eigenvalue weighted by atomic mass is 9.84. The summed E-state index contributed by atoms with van der Waals surface area (Å²) in [6, 6.07) is 7.37. The first-order valence-electron chi connectivity index (χ1n) is 7.56. The Bertz CT molecular complexity index is 516. The zero-order chi connectivity index (χ0) is 15.5. The highest BCUT2D eigenvalue weighted by molar-refractivity contribution is 7.99. The molecule has 7 heteroatoms. The van der Waals surface area contributed by atoms with Crippen LogP contribution in [0.5, 0.6) is 0 Å². The number of hydrogen-bond donors (Lipinski definition) is 3. The molecule has 2 bridgehead atoms. The van der Waals surface area contributed by atoms with Gasteiger partial charge in [0.05, 0.1) is 25.7 Å². The summed E-state index contributed by atoms with van der Waals surface area (Å²) in [5.41, 5.74) is 0.824. The second-order valence-corrected chi connectivity index (χ2v) is 7.37. The van der Waals surface area contributed by atoms with Gasteiger partial charge >= 0.3 is 0 Å². The van der Waals surface area contributed by atoms with E-state index in [1.54, 1.807) is 29.2 Å². The number of fused-ring (bicyclic) bond motifs is 3. The van der Waals surface area contributed by atoms with Crippen molar-refractivity contribution < 1.29 is 13.7 Å². The molecule has 3 heterocycles. The number of halogens is 2. The lowest BCUT2D eigenvalue weighted by Crippen LogP contribution is -3.17. The van der Waals surface area contributed by atoms with E-state index in [1.165, 1.54) is 25.9 Å². The number of anilines is 1. The largest absolute Gasteiger partial charge is 0.354 e.